The molecule has 1 aromatic carbocycles. The maximum atomic E-state index is 12.9. The third-order valence-electron chi connectivity index (χ3n) is 4.45. The summed E-state index contributed by atoms with van der Waals surface area (Å²) in [6.45, 7) is 12.4. The Balaban J connectivity index is 2.07. The van der Waals surface area contributed by atoms with E-state index in [1.54, 1.807) is 0 Å². The molecule has 2 rings (SSSR count). The van der Waals surface area contributed by atoms with Gasteiger partial charge in [-0.05, 0) is 25.3 Å². The molecule has 1 saturated heterocycles. The number of carbonyl (C=O) groups is 1. The van der Waals surface area contributed by atoms with Gasteiger partial charge in [-0.15, -0.1) is 0 Å². The lowest BCUT2D eigenvalue weighted by Gasteiger charge is -2.39. The Bertz CT molecular complexity index is 448. The van der Waals surface area contributed by atoms with Gasteiger partial charge in [0.05, 0.1) is 5.92 Å². The van der Waals surface area contributed by atoms with Gasteiger partial charge in [0, 0.05) is 32.2 Å². The highest BCUT2D eigenvalue weighted by Crippen LogP contribution is 2.27. The van der Waals surface area contributed by atoms with Gasteiger partial charge in [-0.1, -0.05) is 44.2 Å². The number of rotatable bonds is 4. The van der Waals surface area contributed by atoms with Crippen molar-refractivity contribution in [3.05, 3.63) is 35.9 Å². The fourth-order valence-electron chi connectivity index (χ4n) is 3.13. The zero-order valence-electron chi connectivity index (χ0n) is 13.7. The highest BCUT2D eigenvalue weighted by Gasteiger charge is 2.30. The number of amides is 1. The van der Waals surface area contributed by atoms with Crippen LogP contribution in [0.3, 0.4) is 0 Å². The zero-order valence-corrected chi connectivity index (χ0v) is 13.7. The molecule has 1 aliphatic heterocycles. The fourth-order valence-corrected chi connectivity index (χ4v) is 3.13. The summed E-state index contributed by atoms with van der Waals surface area (Å²) < 4.78 is 0. The van der Waals surface area contributed by atoms with E-state index in [9.17, 15) is 4.79 Å². The quantitative estimate of drug-likeness (QED) is 0.850. The molecule has 1 fully saturated rings. The summed E-state index contributed by atoms with van der Waals surface area (Å²) in [5, 5.41) is 0. The molecule has 1 aromatic rings. The Labute approximate surface area is 128 Å². The van der Waals surface area contributed by atoms with Crippen molar-refractivity contribution in [3.8, 4) is 0 Å². The highest BCUT2D eigenvalue weighted by atomic mass is 16.2. The van der Waals surface area contributed by atoms with Crippen molar-refractivity contribution >= 4 is 5.91 Å². The van der Waals surface area contributed by atoms with Crippen molar-refractivity contribution in [2.45, 2.75) is 39.7 Å². The molecular formula is C18H28N2O. The van der Waals surface area contributed by atoms with Crippen molar-refractivity contribution in [1.29, 1.82) is 0 Å². The van der Waals surface area contributed by atoms with E-state index in [0.29, 0.717) is 17.9 Å². The lowest BCUT2D eigenvalue weighted by molar-refractivity contribution is -0.135. The number of benzene rings is 1. The van der Waals surface area contributed by atoms with Gasteiger partial charge >= 0.3 is 0 Å². The number of hydrogen-bond acceptors (Lipinski definition) is 2. The minimum absolute atomic E-state index is 0.0169. The molecule has 0 N–H and O–H groups in total. The predicted octanol–water partition coefficient (Wildman–Crippen LogP) is 2.98. The monoisotopic (exact) mass is 288 g/mol. The number of carbonyl (C=O) groups excluding carboxylic acids is 1. The van der Waals surface area contributed by atoms with Crippen molar-refractivity contribution in [1.82, 2.24) is 9.80 Å². The van der Waals surface area contributed by atoms with E-state index in [0.717, 1.165) is 31.7 Å². The molecule has 1 amide bonds. The van der Waals surface area contributed by atoms with Crippen LogP contribution in [0.4, 0.5) is 0 Å². The molecule has 0 aliphatic carbocycles. The van der Waals surface area contributed by atoms with Gasteiger partial charge in [0.2, 0.25) is 5.91 Å². The number of piperazine rings is 1. The molecule has 1 heterocycles. The van der Waals surface area contributed by atoms with E-state index in [1.807, 2.05) is 18.2 Å². The SMILES string of the molecule is CC(C)C(C(=O)N1CCN(C(C)C)CC1)c1ccccc1. The molecule has 3 nitrogen and oxygen atoms in total. The summed E-state index contributed by atoms with van der Waals surface area (Å²) in [6.07, 6.45) is 0. The van der Waals surface area contributed by atoms with E-state index < -0.39 is 0 Å². The van der Waals surface area contributed by atoms with Crippen molar-refractivity contribution in [2.75, 3.05) is 26.2 Å². The summed E-state index contributed by atoms with van der Waals surface area (Å²) in [6, 6.07) is 10.8. The molecule has 116 valence electrons. The Morgan fingerprint density at radius 2 is 1.52 bits per heavy atom. The van der Waals surface area contributed by atoms with Crippen LogP contribution in [0.25, 0.3) is 0 Å². The summed E-state index contributed by atoms with van der Waals surface area (Å²) in [7, 11) is 0. The first-order valence-electron chi connectivity index (χ1n) is 8.08. The second-order valence-corrected chi connectivity index (χ2v) is 6.59. The first kappa shape index (κ1) is 16.0. The lowest BCUT2D eigenvalue weighted by Crippen LogP contribution is -2.52. The second kappa shape index (κ2) is 7.08. The van der Waals surface area contributed by atoms with Crippen LogP contribution in [-0.2, 0) is 4.79 Å². The maximum absolute atomic E-state index is 12.9. The van der Waals surface area contributed by atoms with Crippen LogP contribution in [0.2, 0.25) is 0 Å². The first-order chi connectivity index (χ1) is 10.0. The van der Waals surface area contributed by atoms with Crippen molar-refractivity contribution < 1.29 is 4.79 Å². The summed E-state index contributed by atoms with van der Waals surface area (Å²) >= 11 is 0. The van der Waals surface area contributed by atoms with E-state index in [1.165, 1.54) is 0 Å². The maximum Gasteiger partial charge on any atom is 0.230 e. The summed E-state index contributed by atoms with van der Waals surface area (Å²) in [5.74, 6) is 0.597. The van der Waals surface area contributed by atoms with Crippen LogP contribution in [0.5, 0.6) is 0 Å². The van der Waals surface area contributed by atoms with Gasteiger partial charge in [-0.3, -0.25) is 9.69 Å². The van der Waals surface area contributed by atoms with Crippen LogP contribution in [0.15, 0.2) is 30.3 Å². The van der Waals surface area contributed by atoms with Gasteiger partial charge < -0.3 is 4.90 Å². The molecule has 0 saturated carbocycles. The minimum Gasteiger partial charge on any atom is -0.340 e. The molecule has 3 heteroatoms. The lowest BCUT2D eigenvalue weighted by atomic mass is 9.87. The molecule has 1 aliphatic rings. The average Bonchev–Trinajstić information content (AvgIpc) is 2.48. The van der Waals surface area contributed by atoms with E-state index in [-0.39, 0.29) is 5.92 Å². The average molecular weight is 288 g/mol. The van der Waals surface area contributed by atoms with Crippen LogP contribution < -0.4 is 0 Å². The molecule has 0 bridgehead atoms. The fraction of sp³-hybridized carbons (Fsp3) is 0.611. The molecule has 0 spiro atoms. The Hall–Kier alpha value is -1.35. The van der Waals surface area contributed by atoms with Crippen molar-refractivity contribution in [2.24, 2.45) is 5.92 Å². The second-order valence-electron chi connectivity index (χ2n) is 6.59. The molecule has 21 heavy (non-hydrogen) atoms. The Morgan fingerprint density at radius 1 is 0.952 bits per heavy atom. The molecule has 0 radical (unpaired) electrons. The van der Waals surface area contributed by atoms with Gasteiger partial charge in [0.25, 0.3) is 0 Å². The van der Waals surface area contributed by atoms with Crippen molar-refractivity contribution in [3.63, 3.8) is 0 Å². The standard InChI is InChI=1S/C18H28N2O/c1-14(2)17(16-8-6-5-7-9-16)18(21)20-12-10-19(11-13-20)15(3)4/h5-9,14-15,17H,10-13H2,1-4H3. The summed E-state index contributed by atoms with van der Waals surface area (Å²) in [4.78, 5) is 17.4. The Kier molecular flexibility index (Phi) is 5.40. The molecule has 1 atom stereocenters. The number of nitrogens with zero attached hydrogens (tertiary/aromatic N) is 2. The topological polar surface area (TPSA) is 23.6 Å². The molecular weight excluding hydrogens is 260 g/mol. The third kappa shape index (κ3) is 3.85. The Morgan fingerprint density at radius 3 is 2.00 bits per heavy atom. The summed E-state index contributed by atoms with van der Waals surface area (Å²) in [5.41, 5.74) is 1.14. The van der Waals surface area contributed by atoms with Gasteiger partial charge in [-0.25, -0.2) is 0 Å². The smallest absolute Gasteiger partial charge is 0.230 e. The van der Waals surface area contributed by atoms with Crippen LogP contribution >= 0.6 is 0 Å². The van der Waals surface area contributed by atoms with Gasteiger partial charge in [0.15, 0.2) is 0 Å². The van der Waals surface area contributed by atoms with Gasteiger partial charge in [0.1, 0.15) is 0 Å². The zero-order chi connectivity index (χ0) is 15.4. The normalized spacial score (nSPS) is 18.3. The van der Waals surface area contributed by atoms with E-state index in [2.05, 4.69) is 49.6 Å². The van der Waals surface area contributed by atoms with E-state index in [4.69, 9.17) is 0 Å². The largest absolute Gasteiger partial charge is 0.340 e. The van der Waals surface area contributed by atoms with Crippen LogP contribution in [0.1, 0.15) is 39.2 Å². The minimum atomic E-state index is -0.0169. The molecule has 0 aromatic heterocycles. The molecule has 1 unspecified atom stereocenters. The van der Waals surface area contributed by atoms with Crippen LogP contribution in [-0.4, -0.2) is 47.9 Å². The highest BCUT2D eigenvalue weighted by molar-refractivity contribution is 5.84. The first-order valence-corrected chi connectivity index (χ1v) is 8.08. The third-order valence-corrected chi connectivity index (χ3v) is 4.45. The predicted molar refractivity (Wildman–Crippen MR) is 87.3 cm³/mol. The van der Waals surface area contributed by atoms with E-state index >= 15 is 0 Å². The van der Waals surface area contributed by atoms with Gasteiger partial charge in [-0.2, -0.15) is 0 Å². The number of hydrogen-bond donors (Lipinski definition) is 0. The van der Waals surface area contributed by atoms with Crippen LogP contribution in [0, 0.1) is 5.92 Å².